The molecule has 0 bridgehead atoms. The second-order valence-corrected chi connectivity index (χ2v) is 5.96. The second kappa shape index (κ2) is 7.37. The molecule has 0 unspecified atom stereocenters. The maximum Gasteiger partial charge on any atom is 0.341 e. The molecule has 0 saturated heterocycles. The van der Waals surface area contributed by atoms with Crippen molar-refractivity contribution in [3.05, 3.63) is 70.7 Å². The lowest BCUT2D eigenvalue weighted by Gasteiger charge is -2.12. The molecule has 0 fully saturated rings. The van der Waals surface area contributed by atoms with Crippen molar-refractivity contribution in [3.63, 3.8) is 0 Å². The highest BCUT2D eigenvalue weighted by atomic mass is 35.5. The number of carbonyl (C=O) groups is 2. The maximum atomic E-state index is 12.3. The largest absolute Gasteiger partial charge is 0.477 e. The molecule has 2 aromatic heterocycles. The Balaban J connectivity index is 1.89. The first-order chi connectivity index (χ1) is 12.5. The molecule has 1 amide bonds. The number of hydrogen-bond acceptors (Lipinski definition) is 5. The van der Waals surface area contributed by atoms with Gasteiger partial charge in [-0.2, -0.15) is 0 Å². The Labute approximate surface area is 153 Å². The molecule has 132 valence electrons. The molecule has 3 aromatic rings. The van der Waals surface area contributed by atoms with Gasteiger partial charge in [0, 0.05) is 28.5 Å². The van der Waals surface area contributed by atoms with Crippen molar-refractivity contribution in [1.82, 2.24) is 15.5 Å². The van der Waals surface area contributed by atoms with Crippen LogP contribution < -0.4 is 5.32 Å². The van der Waals surface area contributed by atoms with Gasteiger partial charge in [-0.1, -0.05) is 16.8 Å². The van der Waals surface area contributed by atoms with Gasteiger partial charge in [-0.3, -0.25) is 9.78 Å². The Morgan fingerprint density at radius 2 is 1.96 bits per heavy atom. The van der Waals surface area contributed by atoms with E-state index in [0.717, 1.165) is 0 Å². The first-order valence-corrected chi connectivity index (χ1v) is 8.05. The van der Waals surface area contributed by atoms with E-state index < -0.39 is 12.0 Å². The van der Waals surface area contributed by atoms with Gasteiger partial charge in [0.25, 0.3) is 5.91 Å². The number of carboxylic acids is 1. The van der Waals surface area contributed by atoms with Crippen molar-refractivity contribution < 1.29 is 19.2 Å². The van der Waals surface area contributed by atoms with E-state index in [1.165, 1.54) is 6.20 Å². The van der Waals surface area contributed by atoms with Crippen LogP contribution in [0.5, 0.6) is 0 Å². The summed E-state index contributed by atoms with van der Waals surface area (Å²) < 4.78 is 5.23. The number of nitrogens with zero attached hydrogens (tertiary/aromatic N) is 2. The third-order valence-electron chi connectivity index (χ3n) is 3.71. The van der Waals surface area contributed by atoms with Crippen LogP contribution in [0.3, 0.4) is 0 Å². The first-order valence-electron chi connectivity index (χ1n) is 7.67. The number of benzene rings is 1. The average Bonchev–Trinajstić information content (AvgIpc) is 3.08. The topological polar surface area (TPSA) is 105 Å². The second-order valence-electron chi connectivity index (χ2n) is 5.52. The molecule has 0 aliphatic carbocycles. The number of hydrogen-bond donors (Lipinski definition) is 2. The quantitative estimate of drug-likeness (QED) is 0.710. The summed E-state index contributed by atoms with van der Waals surface area (Å²) in [7, 11) is 0. The van der Waals surface area contributed by atoms with Crippen LogP contribution in [0.2, 0.25) is 5.02 Å². The molecular weight excluding hydrogens is 358 g/mol. The summed E-state index contributed by atoms with van der Waals surface area (Å²) in [6, 6.07) is 8.98. The summed E-state index contributed by atoms with van der Waals surface area (Å²) in [5.41, 5.74) is 0.955. The highest BCUT2D eigenvalue weighted by Crippen LogP contribution is 2.28. The van der Waals surface area contributed by atoms with Crippen molar-refractivity contribution in [1.29, 1.82) is 0 Å². The van der Waals surface area contributed by atoms with Crippen molar-refractivity contribution in [2.45, 2.75) is 13.0 Å². The standard InChI is InChI=1S/C18H14ClN3O4/c1-10(21-17(23)11-4-6-13(19)7-5-11)16-14(18(24)25)15(22-26-16)12-3-2-8-20-9-12/h2-10H,1H3,(H,21,23)(H,24,25)/t10-/m1/s1. The van der Waals surface area contributed by atoms with E-state index in [-0.39, 0.29) is 22.9 Å². The first kappa shape index (κ1) is 17.6. The number of aromatic carboxylic acids is 1. The number of nitrogens with one attached hydrogen (secondary N) is 1. The summed E-state index contributed by atoms with van der Waals surface area (Å²) >= 11 is 5.81. The predicted molar refractivity (Wildman–Crippen MR) is 94.0 cm³/mol. The summed E-state index contributed by atoms with van der Waals surface area (Å²) in [6.07, 6.45) is 3.06. The van der Waals surface area contributed by atoms with Crippen LogP contribution in [0, 0.1) is 0 Å². The van der Waals surface area contributed by atoms with Gasteiger partial charge in [-0.25, -0.2) is 4.79 Å². The fourth-order valence-corrected chi connectivity index (χ4v) is 2.58. The molecule has 0 aliphatic heterocycles. The van der Waals surface area contributed by atoms with Gasteiger partial charge in [-0.15, -0.1) is 0 Å². The Morgan fingerprint density at radius 3 is 2.58 bits per heavy atom. The molecule has 3 rings (SSSR count). The van der Waals surface area contributed by atoms with Crippen molar-refractivity contribution in [2.75, 3.05) is 0 Å². The Kier molecular flexibility index (Phi) is 4.99. The highest BCUT2D eigenvalue weighted by molar-refractivity contribution is 6.30. The molecule has 7 nitrogen and oxygen atoms in total. The van der Waals surface area contributed by atoms with Crippen molar-refractivity contribution in [2.24, 2.45) is 0 Å². The molecule has 1 atom stereocenters. The summed E-state index contributed by atoms with van der Waals surface area (Å²) in [4.78, 5) is 28.0. The minimum atomic E-state index is -1.20. The number of pyridine rings is 1. The third-order valence-corrected chi connectivity index (χ3v) is 3.97. The van der Waals surface area contributed by atoms with Gasteiger partial charge < -0.3 is 14.9 Å². The van der Waals surface area contributed by atoms with Gasteiger partial charge in [0.1, 0.15) is 11.3 Å². The molecule has 26 heavy (non-hydrogen) atoms. The Morgan fingerprint density at radius 1 is 1.23 bits per heavy atom. The average molecular weight is 372 g/mol. The smallest absolute Gasteiger partial charge is 0.341 e. The Hall–Kier alpha value is -3.19. The fraction of sp³-hybridized carbons (Fsp3) is 0.111. The lowest BCUT2D eigenvalue weighted by molar-refractivity contribution is 0.0692. The molecule has 2 N–H and O–H groups in total. The molecule has 8 heteroatoms. The normalized spacial score (nSPS) is 11.8. The lowest BCUT2D eigenvalue weighted by atomic mass is 10.0. The number of carboxylic acid groups (broad SMARTS) is 1. The molecule has 0 spiro atoms. The van der Waals surface area contributed by atoms with Gasteiger partial charge >= 0.3 is 5.97 Å². The van der Waals surface area contributed by atoms with Crippen molar-refractivity contribution >= 4 is 23.5 Å². The van der Waals surface area contributed by atoms with Crippen LogP contribution in [-0.2, 0) is 0 Å². The highest BCUT2D eigenvalue weighted by Gasteiger charge is 2.28. The summed E-state index contributed by atoms with van der Waals surface area (Å²) in [6.45, 7) is 1.62. The van der Waals surface area contributed by atoms with Crippen LogP contribution in [0.25, 0.3) is 11.3 Å². The van der Waals surface area contributed by atoms with Crippen LogP contribution in [0.4, 0.5) is 0 Å². The number of amides is 1. The van der Waals surface area contributed by atoms with Crippen LogP contribution in [0.15, 0.2) is 53.3 Å². The monoisotopic (exact) mass is 371 g/mol. The number of halogens is 1. The molecule has 2 heterocycles. The van der Waals surface area contributed by atoms with E-state index in [2.05, 4.69) is 15.5 Å². The van der Waals surface area contributed by atoms with E-state index in [4.69, 9.17) is 16.1 Å². The fourth-order valence-electron chi connectivity index (χ4n) is 2.45. The predicted octanol–water partition coefficient (Wildman–Crippen LogP) is 3.58. The van der Waals surface area contributed by atoms with Crippen molar-refractivity contribution in [3.8, 4) is 11.3 Å². The minimum absolute atomic E-state index is 0.0543. The van der Waals surface area contributed by atoms with Gasteiger partial charge in [0.15, 0.2) is 5.76 Å². The van der Waals surface area contributed by atoms with Crippen LogP contribution in [0.1, 0.15) is 39.4 Å². The molecule has 0 radical (unpaired) electrons. The summed E-state index contributed by atoms with van der Waals surface area (Å²) in [5, 5.41) is 16.6. The maximum absolute atomic E-state index is 12.3. The number of aromatic nitrogens is 2. The lowest BCUT2D eigenvalue weighted by Crippen LogP contribution is -2.27. The van der Waals surface area contributed by atoms with Gasteiger partial charge in [0.2, 0.25) is 0 Å². The molecule has 0 saturated carbocycles. The van der Waals surface area contributed by atoms with E-state index in [9.17, 15) is 14.7 Å². The van der Waals surface area contributed by atoms with E-state index in [0.29, 0.717) is 16.1 Å². The van der Waals surface area contributed by atoms with Gasteiger partial charge in [0.05, 0.1) is 6.04 Å². The van der Waals surface area contributed by atoms with E-state index in [1.807, 2.05) is 0 Å². The molecule has 1 aromatic carbocycles. The minimum Gasteiger partial charge on any atom is -0.477 e. The summed E-state index contributed by atoms with van der Waals surface area (Å²) in [5.74, 6) is -1.53. The zero-order chi connectivity index (χ0) is 18.7. The number of rotatable bonds is 5. The SMILES string of the molecule is C[C@@H](NC(=O)c1ccc(Cl)cc1)c1onc(-c2cccnc2)c1C(=O)O. The molecular formula is C18H14ClN3O4. The molecule has 0 aliphatic rings. The van der Waals surface area contributed by atoms with Crippen LogP contribution >= 0.6 is 11.6 Å². The third kappa shape index (κ3) is 3.57. The Bertz CT molecular complexity index is 939. The van der Waals surface area contributed by atoms with E-state index >= 15 is 0 Å². The zero-order valence-corrected chi connectivity index (χ0v) is 14.4. The van der Waals surface area contributed by atoms with Crippen LogP contribution in [-0.4, -0.2) is 27.1 Å². The zero-order valence-electron chi connectivity index (χ0n) is 13.6. The van der Waals surface area contributed by atoms with E-state index in [1.54, 1.807) is 49.5 Å². The number of carbonyl (C=O) groups excluding carboxylic acids is 1. The van der Waals surface area contributed by atoms with Gasteiger partial charge in [-0.05, 0) is 43.3 Å².